The fraction of sp³-hybridized carbons (Fsp3) is 0.0667. The van der Waals surface area contributed by atoms with Crippen molar-refractivity contribution >= 4 is 21.7 Å². The molecule has 0 saturated carbocycles. The number of aromatic nitrogens is 1. The number of hydrogen-bond acceptors (Lipinski definition) is 3. The number of methoxy groups -OCH3 is 1. The number of fused-ring (bicyclic) bond motifs is 2. The van der Waals surface area contributed by atoms with Gasteiger partial charge in [-0.2, -0.15) is 0 Å². The molecule has 0 unspecified atom stereocenters. The lowest BCUT2D eigenvalue weighted by Crippen LogP contribution is -1.98. The van der Waals surface area contributed by atoms with Crippen LogP contribution in [0, 0.1) is 0 Å². The van der Waals surface area contributed by atoms with Crippen molar-refractivity contribution in [1.29, 1.82) is 0 Å². The molecular formula is C15H11NO2. The van der Waals surface area contributed by atoms with Gasteiger partial charge in [0.25, 0.3) is 0 Å². The Kier molecular flexibility index (Phi) is 2.45. The maximum Gasteiger partial charge on any atom is 0.195 e. The van der Waals surface area contributed by atoms with Gasteiger partial charge in [0, 0.05) is 22.4 Å². The average molecular weight is 237 g/mol. The van der Waals surface area contributed by atoms with Crippen LogP contribution in [0.1, 0.15) is 0 Å². The Morgan fingerprint density at radius 2 is 1.89 bits per heavy atom. The first-order valence-electron chi connectivity index (χ1n) is 5.65. The SMILES string of the molecule is COc1ccc2c(=O)c3ccccc3ncc2c1. The highest BCUT2D eigenvalue weighted by Crippen LogP contribution is 2.18. The van der Waals surface area contributed by atoms with E-state index >= 15 is 0 Å². The maximum atomic E-state index is 12.4. The first kappa shape index (κ1) is 10.7. The van der Waals surface area contributed by atoms with E-state index in [0.717, 1.165) is 11.1 Å². The molecule has 3 nitrogen and oxygen atoms in total. The van der Waals surface area contributed by atoms with Gasteiger partial charge in [0.1, 0.15) is 5.75 Å². The van der Waals surface area contributed by atoms with Crippen LogP contribution in [0.2, 0.25) is 0 Å². The van der Waals surface area contributed by atoms with Crippen molar-refractivity contribution in [3.63, 3.8) is 0 Å². The minimum atomic E-state index is 0.000697. The second-order valence-electron chi connectivity index (χ2n) is 4.06. The maximum absolute atomic E-state index is 12.4. The topological polar surface area (TPSA) is 39.2 Å². The summed E-state index contributed by atoms with van der Waals surface area (Å²) in [6, 6.07) is 12.8. The van der Waals surface area contributed by atoms with Crippen molar-refractivity contribution in [2.24, 2.45) is 0 Å². The van der Waals surface area contributed by atoms with Crippen molar-refractivity contribution in [1.82, 2.24) is 4.98 Å². The lowest BCUT2D eigenvalue weighted by Gasteiger charge is -1.98. The molecule has 3 heteroatoms. The Hall–Kier alpha value is -2.42. The molecule has 2 aromatic carbocycles. The van der Waals surface area contributed by atoms with Gasteiger partial charge in [-0.3, -0.25) is 9.78 Å². The van der Waals surface area contributed by atoms with E-state index in [2.05, 4.69) is 4.98 Å². The van der Waals surface area contributed by atoms with E-state index < -0.39 is 0 Å². The quantitative estimate of drug-likeness (QED) is 0.653. The van der Waals surface area contributed by atoms with Crippen molar-refractivity contribution in [2.45, 2.75) is 0 Å². The molecule has 0 aliphatic rings. The number of nitrogens with zero attached hydrogens (tertiary/aromatic N) is 1. The van der Waals surface area contributed by atoms with Crippen molar-refractivity contribution < 1.29 is 4.74 Å². The molecule has 0 spiro atoms. The van der Waals surface area contributed by atoms with Gasteiger partial charge < -0.3 is 4.74 Å². The van der Waals surface area contributed by atoms with Crippen molar-refractivity contribution in [3.05, 3.63) is 58.9 Å². The van der Waals surface area contributed by atoms with Gasteiger partial charge in [0.05, 0.1) is 12.6 Å². The molecule has 3 aromatic rings. The molecule has 0 radical (unpaired) electrons. The van der Waals surface area contributed by atoms with Crippen LogP contribution in [-0.2, 0) is 0 Å². The molecule has 0 N–H and O–H groups in total. The molecule has 0 atom stereocenters. The summed E-state index contributed by atoms with van der Waals surface area (Å²) in [6.07, 6.45) is 1.71. The van der Waals surface area contributed by atoms with Gasteiger partial charge >= 0.3 is 0 Å². The third kappa shape index (κ3) is 1.61. The fourth-order valence-electron chi connectivity index (χ4n) is 2.04. The predicted octanol–water partition coefficient (Wildman–Crippen LogP) is 2.76. The highest BCUT2D eigenvalue weighted by Gasteiger charge is 2.03. The monoisotopic (exact) mass is 237 g/mol. The summed E-state index contributed by atoms with van der Waals surface area (Å²) in [5.74, 6) is 0.721. The molecule has 1 heterocycles. The van der Waals surface area contributed by atoms with Gasteiger partial charge in [0.15, 0.2) is 5.43 Å². The zero-order valence-electron chi connectivity index (χ0n) is 9.88. The predicted molar refractivity (Wildman–Crippen MR) is 72.1 cm³/mol. The largest absolute Gasteiger partial charge is 0.497 e. The number of para-hydroxylation sites is 1. The van der Waals surface area contributed by atoms with Gasteiger partial charge in [-0.25, -0.2) is 0 Å². The second-order valence-corrected chi connectivity index (χ2v) is 4.06. The number of benzene rings is 2. The minimum absolute atomic E-state index is 0.000697. The Morgan fingerprint density at radius 3 is 2.72 bits per heavy atom. The Balaban J connectivity index is 2.53. The molecule has 3 rings (SSSR count). The third-order valence-corrected chi connectivity index (χ3v) is 2.99. The lowest BCUT2D eigenvalue weighted by molar-refractivity contribution is 0.415. The molecule has 0 aliphatic heterocycles. The van der Waals surface area contributed by atoms with Crippen molar-refractivity contribution in [2.75, 3.05) is 7.11 Å². The standard InChI is InChI=1S/C15H11NO2/c1-18-11-6-7-12-10(8-11)9-16-14-5-3-2-4-13(14)15(12)17/h2-9H,1H3. The van der Waals surface area contributed by atoms with Gasteiger partial charge in [-0.05, 0) is 30.3 Å². The van der Waals surface area contributed by atoms with E-state index in [1.54, 1.807) is 31.5 Å². The highest BCUT2D eigenvalue weighted by atomic mass is 16.5. The van der Waals surface area contributed by atoms with Crippen LogP contribution in [0.3, 0.4) is 0 Å². The van der Waals surface area contributed by atoms with Crippen LogP contribution in [-0.4, -0.2) is 12.1 Å². The number of rotatable bonds is 1. The zero-order valence-corrected chi connectivity index (χ0v) is 9.88. The summed E-state index contributed by atoms with van der Waals surface area (Å²) in [4.78, 5) is 16.8. The normalized spacial score (nSPS) is 10.7. The molecule has 0 aliphatic carbocycles. The smallest absolute Gasteiger partial charge is 0.195 e. The molecular weight excluding hydrogens is 226 g/mol. The lowest BCUT2D eigenvalue weighted by atomic mass is 10.1. The minimum Gasteiger partial charge on any atom is -0.497 e. The number of ether oxygens (including phenoxy) is 1. The van der Waals surface area contributed by atoms with E-state index in [1.807, 2.05) is 24.3 Å². The summed E-state index contributed by atoms with van der Waals surface area (Å²) in [6.45, 7) is 0. The van der Waals surface area contributed by atoms with E-state index in [1.165, 1.54) is 0 Å². The molecule has 88 valence electrons. The highest BCUT2D eigenvalue weighted by molar-refractivity contribution is 5.91. The van der Waals surface area contributed by atoms with Gasteiger partial charge in [-0.15, -0.1) is 0 Å². The van der Waals surface area contributed by atoms with Crippen LogP contribution in [0.4, 0.5) is 0 Å². The zero-order chi connectivity index (χ0) is 12.5. The summed E-state index contributed by atoms with van der Waals surface area (Å²) in [5.41, 5.74) is 0.707. The van der Waals surface area contributed by atoms with Crippen LogP contribution in [0.15, 0.2) is 53.5 Å². The fourth-order valence-corrected chi connectivity index (χ4v) is 2.04. The van der Waals surface area contributed by atoms with E-state index in [-0.39, 0.29) is 5.43 Å². The summed E-state index contributed by atoms with van der Waals surface area (Å²) >= 11 is 0. The Morgan fingerprint density at radius 1 is 1.06 bits per heavy atom. The van der Waals surface area contributed by atoms with Crippen LogP contribution < -0.4 is 10.2 Å². The average Bonchev–Trinajstić information content (AvgIpc) is 2.57. The first-order chi connectivity index (χ1) is 8.79. The first-order valence-corrected chi connectivity index (χ1v) is 5.65. The summed E-state index contributed by atoms with van der Waals surface area (Å²) in [5, 5.41) is 2.08. The summed E-state index contributed by atoms with van der Waals surface area (Å²) < 4.78 is 5.16. The van der Waals surface area contributed by atoms with Gasteiger partial charge in [-0.1, -0.05) is 12.1 Å². The third-order valence-electron chi connectivity index (χ3n) is 2.99. The van der Waals surface area contributed by atoms with E-state index in [4.69, 9.17) is 4.74 Å². The Labute approximate surface area is 104 Å². The molecule has 0 saturated heterocycles. The molecule has 18 heavy (non-hydrogen) atoms. The number of hydrogen-bond donors (Lipinski definition) is 0. The van der Waals surface area contributed by atoms with Gasteiger partial charge in [0.2, 0.25) is 0 Å². The van der Waals surface area contributed by atoms with Crippen LogP contribution in [0.25, 0.3) is 21.7 Å². The molecule has 1 aromatic heterocycles. The molecule has 0 fully saturated rings. The van der Waals surface area contributed by atoms with Crippen LogP contribution in [0.5, 0.6) is 5.75 Å². The second kappa shape index (κ2) is 4.11. The summed E-state index contributed by atoms with van der Waals surface area (Å²) in [7, 11) is 1.60. The molecule has 0 bridgehead atoms. The van der Waals surface area contributed by atoms with Crippen LogP contribution >= 0.6 is 0 Å². The van der Waals surface area contributed by atoms with E-state index in [9.17, 15) is 4.79 Å². The Bertz CT molecular complexity index is 797. The van der Waals surface area contributed by atoms with Crippen molar-refractivity contribution in [3.8, 4) is 5.75 Å². The molecule has 0 amide bonds. The van der Waals surface area contributed by atoms with E-state index in [0.29, 0.717) is 16.3 Å².